The number of carbonyl (C=O) groups is 1. The molecule has 22 heavy (non-hydrogen) atoms. The molecule has 0 bridgehead atoms. The van der Waals surface area contributed by atoms with Gasteiger partial charge in [0, 0.05) is 45.2 Å². The van der Waals surface area contributed by atoms with Crippen molar-refractivity contribution >= 4 is 5.91 Å². The van der Waals surface area contributed by atoms with Gasteiger partial charge in [0.2, 0.25) is 0 Å². The Hall–Kier alpha value is 0.534. The molecule has 1 radical (unpaired) electrons. The minimum Gasteiger partial charge on any atom is -0.656 e. The topological polar surface area (TPSA) is 43.2 Å². The van der Waals surface area contributed by atoms with Gasteiger partial charge in [0.25, 0.3) is 0 Å². The van der Waals surface area contributed by atoms with Crippen molar-refractivity contribution in [1.29, 1.82) is 0 Å². The molecule has 1 aliphatic heterocycles. The molecular formula is C18H36N2OY-2. The Balaban J connectivity index is 0. The molecule has 1 heterocycles. The van der Waals surface area contributed by atoms with Crippen molar-refractivity contribution in [2.24, 2.45) is 29.6 Å². The first-order valence-electron chi connectivity index (χ1n) is 8.70. The van der Waals surface area contributed by atoms with Crippen LogP contribution in [0.1, 0.15) is 53.9 Å². The standard InChI is InChI=1S/C14H26N2O.C2H6.C2H5.Y/c1-9-4-5-11(10(9)2)12-6-7-16-8-13(12)14(17)15-3;2*1-2;/h9-13,16H,4-8H2,1-3H3,(H,15,17);1-2H3;1H2,2H3;/q;;-1;/p-1/t9-,10-,11+,12?,13?;;;/m1.../s1. The molecule has 2 aliphatic rings. The van der Waals surface area contributed by atoms with E-state index in [0.717, 1.165) is 37.3 Å². The Morgan fingerprint density at radius 3 is 2.14 bits per heavy atom. The molecule has 1 amide bonds. The molecular weight excluding hydrogens is 349 g/mol. The quantitative estimate of drug-likeness (QED) is 0.721. The van der Waals surface area contributed by atoms with Gasteiger partial charge in [-0.2, -0.15) is 6.92 Å². The van der Waals surface area contributed by atoms with Gasteiger partial charge in [0.15, 0.2) is 0 Å². The van der Waals surface area contributed by atoms with E-state index in [2.05, 4.69) is 31.4 Å². The van der Waals surface area contributed by atoms with E-state index in [0.29, 0.717) is 5.92 Å². The molecule has 0 spiro atoms. The molecule has 2 fully saturated rings. The van der Waals surface area contributed by atoms with Gasteiger partial charge in [-0.25, -0.2) is 0 Å². The van der Waals surface area contributed by atoms with E-state index in [4.69, 9.17) is 0 Å². The summed E-state index contributed by atoms with van der Waals surface area (Å²) in [6.07, 6.45) is 3.79. The summed E-state index contributed by atoms with van der Waals surface area (Å²) < 4.78 is 0. The zero-order valence-corrected chi connectivity index (χ0v) is 18.4. The third kappa shape index (κ3) is 6.57. The number of amides is 1. The van der Waals surface area contributed by atoms with Gasteiger partial charge in [0.05, 0.1) is 5.91 Å². The summed E-state index contributed by atoms with van der Waals surface area (Å²) in [6.45, 7) is 15.6. The summed E-state index contributed by atoms with van der Waals surface area (Å²) in [5.74, 6) is 3.13. The Morgan fingerprint density at radius 1 is 1.09 bits per heavy atom. The van der Waals surface area contributed by atoms with Crippen molar-refractivity contribution < 1.29 is 37.5 Å². The summed E-state index contributed by atoms with van der Waals surface area (Å²) in [5, 5.41) is 7.25. The predicted molar refractivity (Wildman–Crippen MR) is 92.2 cm³/mol. The summed E-state index contributed by atoms with van der Waals surface area (Å²) >= 11 is 0. The van der Waals surface area contributed by atoms with Crippen molar-refractivity contribution in [2.45, 2.75) is 53.9 Å². The molecule has 0 aromatic rings. The first kappa shape index (κ1) is 24.8. The number of nitrogens with one attached hydrogen (secondary N) is 1. The van der Waals surface area contributed by atoms with Crippen LogP contribution in [0.15, 0.2) is 0 Å². The van der Waals surface area contributed by atoms with Crippen LogP contribution in [0.2, 0.25) is 0 Å². The van der Waals surface area contributed by atoms with E-state index in [1.807, 2.05) is 13.8 Å². The molecule has 2 unspecified atom stereocenters. The molecule has 0 aromatic carbocycles. The van der Waals surface area contributed by atoms with E-state index in [-0.39, 0.29) is 44.5 Å². The van der Waals surface area contributed by atoms with E-state index < -0.39 is 0 Å². The van der Waals surface area contributed by atoms with Crippen molar-refractivity contribution in [3.05, 3.63) is 12.2 Å². The largest absolute Gasteiger partial charge is 0.656 e. The fourth-order valence-corrected chi connectivity index (χ4v) is 3.83. The zero-order valence-electron chi connectivity index (χ0n) is 15.6. The first-order chi connectivity index (χ1) is 10.1. The Kier molecular flexibility index (Phi) is 15.7. The Labute approximate surface area is 164 Å². The maximum atomic E-state index is 11.9. The van der Waals surface area contributed by atoms with Crippen LogP contribution in [0.25, 0.3) is 5.32 Å². The van der Waals surface area contributed by atoms with E-state index in [1.54, 1.807) is 14.0 Å². The second-order valence-corrected chi connectivity index (χ2v) is 5.90. The Bertz CT molecular complexity index is 286. The van der Waals surface area contributed by atoms with Crippen LogP contribution in [0, 0.1) is 36.5 Å². The van der Waals surface area contributed by atoms with E-state index in [1.165, 1.54) is 12.8 Å². The number of carbonyl (C=O) groups excluding carboxylic acids is 1. The Morgan fingerprint density at radius 2 is 1.68 bits per heavy atom. The minimum absolute atomic E-state index is 0. The third-order valence-electron chi connectivity index (χ3n) is 5.15. The van der Waals surface area contributed by atoms with Crippen LogP contribution in [-0.4, -0.2) is 26.0 Å². The van der Waals surface area contributed by atoms with Crippen LogP contribution in [0.4, 0.5) is 0 Å². The van der Waals surface area contributed by atoms with Crippen LogP contribution in [-0.2, 0) is 37.5 Å². The van der Waals surface area contributed by atoms with Crippen LogP contribution in [0.3, 0.4) is 0 Å². The number of hydrogen-bond acceptors (Lipinski definition) is 2. The fourth-order valence-electron chi connectivity index (χ4n) is 3.83. The van der Waals surface area contributed by atoms with Gasteiger partial charge >= 0.3 is 0 Å². The van der Waals surface area contributed by atoms with Crippen molar-refractivity contribution in [1.82, 2.24) is 5.32 Å². The molecule has 4 heteroatoms. The summed E-state index contributed by atoms with van der Waals surface area (Å²) in [6, 6.07) is 0. The second-order valence-electron chi connectivity index (χ2n) is 5.90. The van der Waals surface area contributed by atoms with Gasteiger partial charge < -0.3 is 22.4 Å². The molecule has 1 N–H and O–H groups in total. The molecule has 129 valence electrons. The van der Waals surface area contributed by atoms with Gasteiger partial charge in [-0.05, 0) is 43.1 Å². The summed E-state index contributed by atoms with van der Waals surface area (Å²) in [4.78, 5) is 11.9. The SMILES string of the molecule is CC.C[N-]C(=O)C1CNCCC1[C@H]1CC[C@@H](C)[C@H]1C.[CH2-]C.[Y]. The molecule has 1 saturated heterocycles. The molecule has 5 atom stereocenters. The van der Waals surface area contributed by atoms with Gasteiger partial charge in [0.1, 0.15) is 0 Å². The van der Waals surface area contributed by atoms with Crippen molar-refractivity contribution in [3.8, 4) is 0 Å². The van der Waals surface area contributed by atoms with Gasteiger partial charge in [-0.3, -0.25) is 0 Å². The molecule has 1 saturated carbocycles. The smallest absolute Gasteiger partial charge is 0.0556 e. The third-order valence-corrected chi connectivity index (χ3v) is 5.15. The first-order valence-corrected chi connectivity index (χ1v) is 8.70. The normalized spacial score (nSPS) is 33.3. The van der Waals surface area contributed by atoms with Crippen molar-refractivity contribution in [3.63, 3.8) is 0 Å². The zero-order chi connectivity index (χ0) is 16.4. The molecule has 0 aromatic heterocycles. The van der Waals surface area contributed by atoms with E-state index in [9.17, 15) is 4.79 Å². The number of piperidine rings is 1. The fraction of sp³-hybridized carbons (Fsp3) is 0.889. The van der Waals surface area contributed by atoms with E-state index >= 15 is 0 Å². The van der Waals surface area contributed by atoms with Crippen LogP contribution < -0.4 is 5.32 Å². The van der Waals surface area contributed by atoms with Crippen LogP contribution >= 0.6 is 0 Å². The minimum atomic E-state index is 0. The van der Waals surface area contributed by atoms with Gasteiger partial charge in [-0.15, -0.1) is 7.05 Å². The second kappa shape index (κ2) is 13.9. The molecule has 1 aliphatic carbocycles. The number of rotatable bonds is 2. The summed E-state index contributed by atoms with van der Waals surface area (Å²) in [5.41, 5.74) is 0. The molecule has 2 rings (SSSR count). The maximum Gasteiger partial charge on any atom is 0.0556 e. The maximum absolute atomic E-state index is 11.9. The average molecular weight is 385 g/mol. The van der Waals surface area contributed by atoms with Crippen LogP contribution in [0.5, 0.6) is 0 Å². The summed E-state index contributed by atoms with van der Waals surface area (Å²) in [7, 11) is 1.63. The monoisotopic (exact) mass is 385 g/mol. The van der Waals surface area contributed by atoms with Crippen molar-refractivity contribution in [2.75, 3.05) is 20.1 Å². The average Bonchev–Trinajstić information content (AvgIpc) is 2.90. The van der Waals surface area contributed by atoms with Gasteiger partial charge in [-0.1, -0.05) is 34.1 Å². The molecule has 3 nitrogen and oxygen atoms in total. The number of nitrogens with zero attached hydrogens (tertiary/aromatic N) is 1. The predicted octanol–water partition coefficient (Wildman–Crippen LogP) is 4.29. The number of hydrogen-bond donors (Lipinski definition) is 1.